The van der Waals surface area contributed by atoms with Gasteiger partial charge in [0.2, 0.25) is 17.2 Å². The van der Waals surface area contributed by atoms with Gasteiger partial charge in [-0.1, -0.05) is 12.1 Å². The maximum atomic E-state index is 13.7. The van der Waals surface area contributed by atoms with Gasteiger partial charge in [-0.15, -0.1) is 10.2 Å². The second kappa shape index (κ2) is 12.6. The number of hydrogen-bond acceptors (Lipinski definition) is 14. The van der Waals surface area contributed by atoms with E-state index in [9.17, 15) is 48.4 Å². The van der Waals surface area contributed by atoms with E-state index in [0.29, 0.717) is 17.8 Å². The van der Waals surface area contributed by atoms with Gasteiger partial charge in [-0.25, -0.2) is 4.39 Å². The van der Waals surface area contributed by atoms with E-state index in [1.54, 1.807) is 18.2 Å². The van der Waals surface area contributed by atoms with Crippen LogP contribution in [0.4, 0.5) is 39.0 Å². The quantitative estimate of drug-likeness (QED) is 0.0807. The highest BCUT2D eigenvalue weighted by atomic mass is 35.5. The van der Waals surface area contributed by atoms with Crippen molar-refractivity contribution in [1.82, 2.24) is 15.0 Å². The Kier molecular flexibility index (Phi) is 9.05. The number of phenols is 1. The van der Waals surface area contributed by atoms with Gasteiger partial charge in [0.15, 0.2) is 5.75 Å². The zero-order valence-electron chi connectivity index (χ0n) is 23.7. The third kappa shape index (κ3) is 7.62. The molecule has 1 aromatic heterocycles. The molecule has 5 aromatic rings. The minimum atomic E-state index is -5.29. The molecule has 48 heavy (non-hydrogen) atoms. The Morgan fingerprint density at radius 1 is 0.771 bits per heavy atom. The van der Waals surface area contributed by atoms with Gasteiger partial charge in [-0.3, -0.25) is 13.7 Å². The lowest BCUT2D eigenvalue weighted by atomic mass is 10.1. The van der Waals surface area contributed by atoms with Crippen LogP contribution in [0.25, 0.3) is 10.8 Å². The molecular formula is C26H19ClFN7O10S3. The predicted molar refractivity (Wildman–Crippen MR) is 168 cm³/mol. The minimum Gasteiger partial charge on any atom is -0.505 e. The second-order valence-corrected chi connectivity index (χ2v) is 14.3. The molecule has 0 radical (unpaired) electrons. The van der Waals surface area contributed by atoms with Crippen LogP contribution in [0.3, 0.4) is 0 Å². The van der Waals surface area contributed by atoms with Crippen LogP contribution in [0, 0.1) is 12.7 Å². The summed E-state index contributed by atoms with van der Waals surface area (Å²) in [4.78, 5) is 9.03. The highest BCUT2D eigenvalue weighted by molar-refractivity contribution is 7.86. The van der Waals surface area contributed by atoms with E-state index in [1.807, 2.05) is 13.0 Å². The minimum absolute atomic E-state index is 0.0837. The molecule has 0 aliphatic heterocycles. The summed E-state index contributed by atoms with van der Waals surface area (Å²) >= 11 is 6.08. The number of hydrogen-bond donors (Lipinski definition) is 6. The van der Waals surface area contributed by atoms with Crippen LogP contribution < -0.4 is 10.6 Å². The van der Waals surface area contributed by atoms with Gasteiger partial charge in [0, 0.05) is 11.1 Å². The number of rotatable bonds is 9. The van der Waals surface area contributed by atoms with Crippen molar-refractivity contribution in [2.45, 2.75) is 21.6 Å². The molecule has 0 aliphatic rings. The van der Waals surface area contributed by atoms with Crippen LogP contribution in [0.2, 0.25) is 5.28 Å². The molecule has 250 valence electrons. The first-order valence-corrected chi connectivity index (χ1v) is 17.5. The fourth-order valence-corrected chi connectivity index (χ4v) is 6.31. The van der Waals surface area contributed by atoms with Crippen molar-refractivity contribution in [3.05, 3.63) is 77.3 Å². The molecular weight excluding hydrogens is 721 g/mol. The fourth-order valence-electron chi connectivity index (χ4n) is 4.32. The maximum Gasteiger partial charge on any atom is 0.296 e. The number of nitrogens with one attached hydrogen (secondary N) is 2. The third-order valence-electron chi connectivity index (χ3n) is 6.29. The number of halogens is 2. The second-order valence-electron chi connectivity index (χ2n) is 9.75. The van der Waals surface area contributed by atoms with Gasteiger partial charge in [-0.2, -0.15) is 40.2 Å². The molecule has 0 amide bonds. The van der Waals surface area contributed by atoms with Gasteiger partial charge in [0.25, 0.3) is 30.4 Å². The molecule has 0 saturated heterocycles. The highest BCUT2D eigenvalue weighted by Crippen LogP contribution is 2.46. The first kappa shape index (κ1) is 34.4. The Bertz CT molecular complexity index is 2500. The summed E-state index contributed by atoms with van der Waals surface area (Å²) in [5.74, 6) is -2.60. The topological polar surface area (TPSA) is 271 Å². The number of aromatic nitrogens is 3. The summed E-state index contributed by atoms with van der Waals surface area (Å²) in [6.07, 6.45) is 0. The molecule has 0 unspecified atom stereocenters. The molecule has 0 saturated carbocycles. The monoisotopic (exact) mass is 739 g/mol. The molecule has 5 rings (SSSR count). The van der Waals surface area contributed by atoms with Crippen molar-refractivity contribution in [1.29, 1.82) is 0 Å². The maximum absolute atomic E-state index is 13.7. The lowest BCUT2D eigenvalue weighted by Crippen LogP contribution is -2.06. The standard InChI is InChI=1S/C26H19ClFN7O10S3/c1-12-3-2-4-15(7-12)29-25-31-24(27)32-26(33-25)30-18-11-16(46(37,38)39)8-13-9-20(48(43,44)45)22(23(36)21(13)18)35-34-17-6-5-14(28)10-19(17)47(40,41)42/h2-11,36H,1H3,(H,37,38,39)(H,40,41,42)(H,43,44,45)(H2,29,30,31,32,33). The molecule has 22 heteroatoms. The zero-order valence-corrected chi connectivity index (χ0v) is 26.9. The highest BCUT2D eigenvalue weighted by Gasteiger charge is 2.26. The van der Waals surface area contributed by atoms with Gasteiger partial charge in [0.05, 0.1) is 10.6 Å². The fraction of sp³-hybridized carbons (Fsp3) is 0.0385. The van der Waals surface area contributed by atoms with Crippen molar-refractivity contribution < 1.29 is 48.4 Å². The number of nitrogens with zero attached hydrogens (tertiary/aromatic N) is 5. The number of fused-ring (bicyclic) bond motifs is 1. The van der Waals surface area contributed by atoms with Crippen LogP contribution in [0.5, 0.6) is 5.75 Å². The SMILES string of the molecule is Cc1cccc(Nc2nc(Cl)nc(Nc3cc(S(=O)(=O)O)cc4cc(S(=O)(=O)O)c(N=Nc5ccc(F)cc5S(=O)(=O)O)c(O)c34)n2)c1. The summed E-state index contributed by atoms with van der Waals surface area (Å²) in [5.41, 5.74) is -0.638. The molecule has 6 N–H and O–H groups in total. The van der Waals surface area contributed by atoms with Crippen molar-refractivity contribution in [3.63, 3.8) is 0 Å². The van der Waals surface area contributed by atoms with E-state index >= 15 is 0 Å². The Morgan fingerprint density at radius 3 is 2.06 bits per heavy atom. The molecule has 17 nitrogen and oxygen atoms in total. The van der Waals surface area contributed by atoms with E-state index < -0.39 is 78.8 Å². The largest absolute Gasteiger partial charge is 0.505 e. The third-order valence-corrected chi connectivity index (χ3v) is 9.04. The number of azo groups is 1. The van der Waals surface area contributed by atoms with Gasteiger partial charge in [-0.05, 0) is 78.0 Å². The van der Waals surface area contributed by atoms with Crippen LogP contribution >= 0.6 is 11.6 Å². The molecule has 0 spiro atoms. The van der Waals surface area contributed by atoms with E-state index in [4.69, 9.17) is 11.6 Å². The molecule has 0 atom stereocenters. The smallest absolute Gasteiger partial charge is 0.296 e. The Balaban J connectivity index is 1.73. The number of phenolic OH excluding ortho intramolecular Hbond substituents is 1. The number of aromatic hydroxyl groups is 1. The summed E-state index contributed by atoms with van der Waals surface area (Å²) in [6.45, 7) is 1.84. The van der Waals surface area contributed by atoms with Crippen molar-refractivity contribution >= 4 is 87.4 Å². The average Bonchev–Trinajstić information content (AvgIpc) is 2.95. The van der Waals surface area contributed by atoms with Gasteiger partial charge in [0.1, 0.15) is 27.0 Å². The van der Waals surface area contributed by atoms with Crippen molar-refractivity contribution in [2.75, 3.05) is 10.6 Å². The molecule has 0 fully saturated rings. The first-order chi connectivity index (χ1) is 22.3. The average molecular weight is 740 g/mol. The molecule has 4 aromatic carbocycles. The lowest BCUT2D eigenvalue weighted by Gasteiger charge is -2.15. The van der Waals surface area contributed by atoms with E-state index in [-0.39, 0.29) is 22.9 Å². The summed E-state index contributed by atoms with van der Waals surface area (Å²) < 4.78 is 116. The Labute approximate surface area is 275 Å². The van der Waals surface area contributed by atoms with Gasteiger partial charge >= 0.3 is 0 Å². The Hall–Kier alpha value is -4.90. The van der Waals surface area contributed by atoms with Crippen molar-refractivity contribution in [2.24, 2.45) is 10.2 Å². The number of anilines is 4. The summed E-state index contributed by atoms with van der Waals surface area (Å²) in [5, 5.41) is 22.8. The van der Waals surface area contributed by atoms with Crippen molar-refractivity contribution in [3.8, 4) is 5.75 Å². The van der Waals surface area contributed by atoms with E-state index in [0.717, 1.165) is 29.8 Å². The molecule has 0 bridgehead atoms. The van der Waals surface area contributed by atoms with Gasteiger partial charge < -0.3 is 15.7 Å². The van der Waals surface area contributed by atoms with Crippen LogP contribution in [0.1, 0.15) is 5.56 Å². The normalized spacial score (nSPS) is 12.5. The molecule has 0 aliphatic carbocycles. The lowest BCUT2D eigenvalue weighted by molar-refractivity contribution is 0.472. The predicted octanol–water partition coefficient (Wildman–Crippen LogP) is 5.47. The summed E-state index contributed by atoms with van der Waals surface area (Å²) in [7, 11) is -15.4. The first-order valence-electron chi connectivity index (χ1n) is 12.8. The Morgan fingerprint density at radius 2 is 1.44 bits per heavy atom. The van der Waals surface area contributed by atoms with Crippen LogP contribution in [-0.2, 0) is 30.4 Å². The zero-order chi connectivity index (χ0) is 35.2. The molecule has 1 heterocycles. The van der Waals surface area contributed by atoms with Crippen LogP contribution in [-0.4, -0.2) is 59.0 Å². The number of benzene rings is 4. The van der Waals surface area contributed by atoms with E-state index in [1.165, 1.54) is 0 Å². The van der Waals surface area contributed by atoms with Crippen LogP contribution in [0.15, 0.2) is 85.6 Å². The van der Waals surface area contributed by atoms with E-state index in [2.05, 4.69) is 35.8 Å². The summed E-state index contributed by atoms with van der Waals surface area (Å²) in [6, 6.07) is 11.2. The number of aryl methyl sites for hydroxylation is 1.